The highest BCUT2D eigenvalue weighted by molar-refractivity contribution is 5.67. The molecular formula is C16H26O4. The van der Waals surface area contributed by atoms with Crippen LogP contribution in [0.1, 0.15) is 46.0 Å². The van der Waals surface area contributed by atoms with Gasteiger partial charge in [-0.25, -0.2) is 0 Å². The highest BCUT2D eigenvalue weighted by Crippen LogP contribution is 2.26. The molecule has 0 unspecified atom stereocenters. The molecular weight excluding hydrogens is 256 g/mol. The summed E-state index contributed by atoms with van der Waals surface area (Å²) < 4.78 is 10.7. The van der Waals surface area contributed by atoms with E-state index in [9.17, 15) is 4.79 Å². The third-order valence-corrected chi connectivity index (χ3v) is 3.76. The number of carbonyl (C=O) groups is 1. The highest BCUT2D eigenvalue weighted by Gasteiger charge is 2.21. The molecule has 0 aromatic heterocycles. The largest absolute Gasteiger partial charge is 0.481 e. The molecule has 0 heterocycles. The number of carboxylic acids is 1. The van der Waals surface area contributed by atoms with E-state index in [1.54, 1.807) is 7.11 Å². The lowest BCUT2D eigenvalue weighted by Crippen LogP contribution is -2.22. The fourth-order valence-electron chi connectivity index (χ4n) is 2.50. The van der Waals surface area contributed by atoms with Crippen molar-refractivity contribution in [2.75, 3.05) is 13.9 Å². The normalized spacial score (nSPS) is 29.9. The Bertz CT molecular complexity index is 371. The minimum absolute atomic E-state index is 0.0499. The summed E-state index contributed by atoms with van der Waals surface area (Å²) in [6.45, 7) is 4.40. The van der Waals surface area contributed by atoms with Gasteiger partial charge in [-0.05, 0) is 51.0 Å². The Hall–Kier alpha value is -1.13. The van der Waals surface area contributed by atoms with E-state index < -0.39 is 5.97 Å². The fourth-order valence-corrected chi connectivity index (χ4v) is 2.50. The van der Waals surface area contributed by atoms with E-state index in [1.807, 2.05) is 6.92 Å². The van der Waals surface area contributed by atoms with Gasteiger partial charge < -0.3 is 14.6 Å². The molecule has 0 aromatic rings. The standard InChI is InChI=1S/C16H26O4/c1-12-5-4-6-13(2)15(20-11-19-3)9-14(8-7-12)10-16(17)18/h5-6,14-15H,4,7-11H2,1-3H3,(H,17,18)/b12-5+,13-6-/t14-,15+/m1/s1. The molecule has 0 aromatic carbocycles. The predicted octanol–water partition coefficient (Wildman–Crippen LogP) is 3.53. The first-order valence-electron chi connectivity index (χ1n) is 7.17. The second kappa shape index (κ2) is 8.93. The average molecular weight is 282 g/mol. The van der Waals surface area contributed by atoms with Gasteiger partial charge in [0.05, 0.1) is 6.10 Å². The van der Waals surface area contributed by atoms with Crippen LogP contribution in [0.15, 0.2) is 23.3 Å². The molecule has 2 atom stereocenters. The van der Waals surface area contributed by atoms with E-state index >= 15 is 0 Å². The second-order valence-corrected chi connectivity index (χ2v) is 5.53. The molecule has 0 saturated heterocycles. The molecule has 0 bridgehead atoms. The molecule has 20 heavy (non-hydrogen) atoms. The van der Waals surface area contributed by atoms with Crippen molar-refractivity contribution in [2.24, 2.45) is 5.92 Å². The number of hydrogen-bond acceptors (Lipinski definition) is 3. The lowest BCUT2D eigenvalue weighted by molar-refractivity contribution is -0.138. The first-order chi connectivity index (χ1) is 9.52. The van der Waals surface area contributed by atoms with Gasteiger partial charge in [0, 0.05) is 13.5 Å². The van der Waals surface area contributed by atoms with Crippen LogP contribution in [-0.2, 0) is 14.3 Å². The molecule has 0 saturated carbocycles. The van der Waals surface area contributed by atoms with Gasteiger partial charge in [0.1, 0.15) is 6.79 Å². The van der Waals surface area contributed by atoms with E-state index in [4.69, 9.17) is 14.6 Å². The molecule has 114 valence electrons. The van der Waals surface area contributed by atoms with Gasteiger partial charge >= 0.3 is 5.97 Å². The Kier molecular flexibility index (Phi) is 7.55. The smallest absolute Gasteiger partial charge is 0.303 e. The van der Waals surface area contributed by atoms with Crippen molar-refractivity contribution in [1.82, 2.24) is 0 Å². The van der Waals surface area contributed by atoms with Crippen LogP contribution in [0.25, 0.3) is 0 Å². The number of hydrogen-bond donors (Lipinski definition) is 1. The van der Waals surface area contributed by atoms with E-state index in [1.165, 1.54) is 5.57 Å². The zero-order valence-electron chi connectivity index (χ0n) is 12.7. The van der Waals surface area contributed by atoms with Crippen molar-refractivity contribution in [3.63, 3.8) is 0 Å². The Morgan fingerprint density at radius 1 is 1.40 bits per heavy atom. The minimum atomic E-state index is -0.735. The van der Waals surface area contributed by atoms with Crippen molar-refractivity contribution >= 4 is 5.97 Å². The Labute approximate surface area is 121 Å². The van der Waals surface area contributed by atoms with E-state index in [2.05, 4.69) is 19.1 Å². The lowest BCUT2D eigenvalue weighted by atomic mass is 9.88. The quantitative estimate of drug-likeness (QED) is 0.619. The maximum atomic E-state index is 11.0. The SMILES string of the molecule is COCO[C@H]1C[C@H](CC(=O)O)CC/C(C)=C/C/C=C\1C. The van der Waals surface area contributed by atoms with Crippen LogP contribution in [0.4, 0.5) is 0 Å². The molecule has 0 amide bonds. The number of rotatable bonds is 5. The molecule has 1 aliphatic carbocycles. The summed E-state index contributed by atoms with van der Waals surface area (Å²) in [5, 5.41) is 9.05. The molecule has 1 rings (SSSR count). The zero-order valence-corrected chi connectivity index (χ0v) is 12.7. The van der Waals surface area contributed by atoms with Crippen molar-refractivity contribution in [3.8, 4) is 0 Å². The third-order valence-electron chi connectivity index (χ3n) is 3.76. The molecule has 4 nitrogen and oxygen atoms in total. The van der Waals surface area contributed by atoms with Crippen LogP contribution in [-0.4, -0.2) is 31.1 Å². The van der Waals surface area contributed by atoms with Crippen LogP contribution < -0.4 is 0 Å². The molecule has 1 aliphatic rings. The van der Waals surface area contributed by atoms with Crippen LogP contribution in [0.2, 0.25) is 0 Å². The van der Waals surface area contributed by atoms with Crippen LogP contribution in [0, 0.1) is 5.92 Å². The topological polar surface area (TPSA) is 55.8 Å². The Morgan fingerprint density at radius 3 is 2.80 bits per heavy atom. The summed E-state index contributed by atoms with van der Waals surface area (Å²) in [6, 6.07) is 0. The van der Waals surface area contributed by atoms with Crippen LogP contribution >= 0.6 is 0 Å². The van der Waals surface area contributed by atoms with Crippen LogP contribution in [0.5, 0.6) is 0 Å². The Balaban J connectivity index is 2.82. The zero-order chi connectivity index (χ0) is 15.0. The van der Waals surface area contributed by atoms with E-state index in [0.717, 1.165) is 31.3 Å². The molecule has 0 fully saturated rings. The molecule has 1 N–H and O–H groups in total. The highest BCUT2D eigenvalue weighted by atomic mass is 16.7. The number of carboxylic acid groups (broad SMARTS) is 1. The summed E-state index contributed by atoms with van der Waals surface area (Å²) in [4.78, 5) is 11.0. The summed E-state index contributed by atoms with van der Waals surface area (Å²) in [5.74, 6) is -0.597. The van der Waals surface area contributed by atoms with E-state index in [-0.39, 0.29) is 25.2 Å². The summed E-state index contributed by atoms with van der Waals surface area (Å²) in [5.41, 5.74) is 2.49. The second-order valence-electron chi connectivity index (χ2n) is 5.53. The number of ether oxygens (including phenoxy) is 2. The number of allylic oxidation sites excluding steroid dienone is 3. The van der Waals surface area contributed by atoms with Crippen molar-refractivity contribution in [3.05, 3.63) is 23.3 Å². The summed E-state index contributed by atoms with van der Waals surface area (Å²) in [7, 11) is 1.60. The van der Waals surface area contributed by atoms with Crippen molar-refractivity contribution in [1.29, 1.82) is 0 Å². The van der Waals surface area contributed by atoms with Gasteiger partial charge in [-0.2, -0.15) is 0 Å². The maximum Gasteiger partial charge on any atom is 0.303 e. The van der Waals surface area contributed by atoms with E-state index in [0.29, 0.717) is 0 Å². The van der Waals surface area contributed by atoms with Crippen molar-refractivity contribution in [2.45, 2.75) is 52.1 Å². The van der Waals surface area contributed by atoms with Crippen molar-refractivity contribution < 1.29 is 19.4 Å². The first kappa shape index (κ1) is 16.9. The monoisotopic (exact) mass is 282 g/mol. The summed E-state index contributed by atoms with van der Waals surface area (Å²) in [6.07, 6.45) is 8.03. The minimum Gasteiger partial charge on any atom is -0.481 e. The summed E-state index contributed by atoms with van der Waals surface area (Å²) >= 11 is 0. The molecule has 0 radical (unpaired) electrons. The third kappa shape index (κ3) is 6.35. The van der Waals surface area contributed by atoms with Gasteiger partial charge in [0.15, 0.2) is 0 Å². The average Bonchev–Trinajstić information content (AvgIpc) is 2.39. The van der Waals surface area contributed by atoms with Gasteiger partial charge in [0.25, 0.3) is 0 Å². The van der Waals surface area contributed by atoms with Gasteiger partial charge in [-0.15, -0.1) is 0 Å². The van der Waals surface area contributed by atoms with Gasteiger partial charge in [-0.1, -0.05) is 17.7 Å². The van der Waals surface area contributed by atoms with Crippen LogP contribution in [0.3, 0.4) is 0 Å². The van der Waals surface area contributed by atoms with Gasteiger partial charge in [0.2, 0.25) is 0 Å². The molecule has 0 aliphatic heterocycles. The fraction of sp³-hybridized carbons (Fsp3) is 0.688. The van der Waals surface area contributed by atoms with Gasteiger partial charge in [-0.3, -0.25) is 4.79 Å². The Morgan fingerprint density at radius 2 is 2.15 bits per heavy atom. The number of methoxy groups -OCH3 is 1. The lowest BCUT2D eigenvalue weighted by Gasteiger charge is -2.24. The maximum absolute atomic E-state index is 11.0. The molecule has 0 spiro atoms. The predicted molar refractivity (Wildman–Crippen MR) is 78.5 cm³/mol. The molecule has 4 heteroatoms. The number of aliphatic carboxylic acids is 1. The first-order valence-corrected chi connectivity index (χ1v) is 7.17.